The quantitative estimate of drug-likeness (QED) is 0.745. The maximum Gasteiger partial charge on any atom is 0.253 e. The Morgan fingerprint density at radius 3 is 2.21 bits per heavy atom. The SMILES string of the molecule is CCN(C)C(=O)c1cc(O)cc(O)c1. The molecule has 0 aliphatic carbocycles. The van der Waals surface area contributed by atoms with Gasteiger partial charge in [0.1, 0.15) is 11.5 Å². The summed E-state index contributed by atoms with van der Waals surface area (Å²) in [5.41, 5.74) is 0.284. The third-order valence-electron chi connectivity index (χ3n) is 1.97. The number of carbonyl (C=O) groups is 1. The molecule has 1 amide bonds. The zero-order chi connectivity index (χ0) is 10.7. The van der Waals surface area contributed by atoms with Crippen LogP contribution in [0, 0.1) is 0 Å². The van der Waals surface area contributed by atoms with E-state index in [9.17, 15) is 4.79 Å². The third-order valence-corrected chi connectivity index (χ3v) is 1.97. The van der Waals surface area contributed by atoms with Crippen LogP contribution in [0.25, 0.3) is 0 Å². The van der Waals surface area contributed by atoms with E-state index in [-0.39, 0.29) is 23.0 Å². The molecule has 1 aromatic rings. The summed E-state index contributed by atoms with van der Waals surface area (Å²) in [6.07, 6.45) is 0. The molecule has 14 heavy (non-hydrogen) atoms. The number of nitrogens with zero attached hydrogens (tertiary/aromatic N) is 1. The van der Waals surface area contributed by atoms with Gasteiger partial charge in [-0.25, -0.2) is 0 Å². The zero-order valence-electron chi connectivity index (χ0n) is 8.19. The topological polar surface area (TPSA) is 60.8 Å². The number of rotatable bonds is 2. The molecule has 0 fully saturated rings. The average molecular weight is 195 g/mol. The number of aromatic hydroxyl groups is 2. The Hall–Kier alpha value is -1.71. The molecule has 2 N–H and O–H groups in total. The van der Waals surface area contributed by atoms with Crippen molar-refractivity contribution in [3.8, 4) is 11.5 Å². The van der Waals surface area contributed by atoms with Crippen molar-refractivity contribution in [2.24, 2.45) is 0 Å². The number of amides is 1. The fourth-order valence-corrected chi connectivity index (χ4v) is 1.08. The van der Waals surface area contributed by atoms with E-state index in [0.29, 0.717) is 6.54 Å². The molecule has 0 atom stereocenters. The molecule has 0 saturated carbocycles. The molecule has 0 radical (unpaired) electrons. The summed E-state index contributed by atoms with van der Waals surface area (Å²) < 4.78 is 0. The van der Waals surface area contributed by atoms with Gasteiger partial charge in [-0.15, -0.1) is 0 Å². The van der Waals surface area contributed by atoms with Gasteiger partial charge in [-0.3, -0.25) is 4.79 Å². The Morgan fingerprint density at radius 2 is 1.79 bits per heavy atom. The van der Waals surface area contributed by atoms with E-state index < -0.39 is 0 Å². The molecule has 1 rings (SSSR count). The summed E-state index contributed by atoms with van der Waals surface area (Å²) in [5.74, 6) is -0.450. The Labute approximate surface area is 82.4 Å². The van der Waals surface area contributed by atoms with E-state index in [1.807, 2.05) is 6.92 Å². The van der Waals surface area contributed by atoms with E-state index in [0.717, 1.165) is 0 Å². The maximum absolute atomic E-state index is 11.6. The summed E-state index contributed by atoms with van der Waals surface area (Å²) in [4.78, 5) is 13.1. The minimum absolute atomic E-state index is 0.113. The molecule has 0 aromatic heterocycles. The van der Waals surface area contributed by atoms with Gasteiger partial charge in [0.15, 0.2) is 0 Å². The van der Waals surface area contributed by atoms with Crippen molar-refractivity contribution in [1.82, 2.24) is 4.90 Å². The predicted molar refractivity (Wildman–Crippen MR) is 52.4 cm³/mol. The molecule has 0 spiro atoms. The fourth-order valence-electron chi connectivity index (χ4n) is 1.08. The molecule has 0 heterocycles. The molecule has 1 aromatic carbocycles. The first-order chi connectivity index (χ1) is 6.54. The minimum atomic E-state index is -0.223. The van der Waals surface area contributed by atoms with Gasteiger partial charge in [0.2, 0.25) is 0 Å². The second kappa shape index (κ2) is 4.00. The van der Waals surface area contributed by atoms with E-state index in [1.165, 1.54) is 23.1 Å². The molecule has 0 aliphatic rings. The minimum Gasteiger partial charge on any atom is -0.508 e. The number of phenolic OH excluding ortho intramolecular Hbond substituents is 2. The largest absolute Gasteiger partial charge is 0.508 e. The second-order valence-electron chi connectivity index (χ2n) is 3.06. The number of carbonyl (C=O) groups excluding carboxylic acids is 1. The normalized spacial score (nSPS) is 9.86. The fraction of sp³-hybridized carbons (Fsp3) is 0.300. The van der Waals surface area contributed by atoms with Crippen LogP contribution in [0.3, 0.4) is 0 Å². The van der Waals surface area contributed by atoms with Crippen molar-refractivity contribution >= 4 is 5.91 Å². The molecule has 4 nitrogen and oxygen atoms in total. The summed E-state index contributed by atoms with van der Waals surface area (Å²) >= 11 is 0. The van der Waals surface area contributed by atoms with Gasteiger partial charge in [-0.2, -0.15) is 0 Å². The van der Waals surface area contributed by atoms with Gasteiger partial charge in [0, 0.05) is 25.2 Å². The molecular weight excluding hydrogens is 182 g/mol. The van der Waals surface area contributed by atoms with Crippen molar-refractivity contribution in [2.45, 2.75) is 6.92 Å². The van der Waals surface area contributed by atoms with Crippen LogP contribution in [0.2, 0.25) is 0 Å². The first kappa shape index (κ1) is 10.4. The van der Waals surface area contributed by atoms with Crippen molar-refractivity contribution < 1.29 is 15.0 Å². The van der Waals surface area contributed by atoms with Gasteiger partial charge in [-0.05, 0) is 19.1 Å². The average Bonchev–Trinajstić information content (AvgIpc) is 2.14. The second-order valence-corrected chi connectivity index (χ2v) is 3.06. The van der Waals surface area contributed by atoms with Gasteiger partial charge in [0.25, 0.3) is 5.91 Å². The van der Waals surface area contributed by atoms with E-state index in [2.05, 4.69) is 0 Å². The number of hydrogen-bond donors (Lipinski definition) is 2. The van der Waals surface area contributed by atoms with E-state index in [1.54, 1.807) is 7.05 Å². The van der Waals surface area contributed by atoms with Crippen LogP contribution in [-0.2, 0) is 0 Å². The van der Waals surface area contributed by atoms with Crippen molar-refractivity contribution in [1.29, 1.82) is 0 Å². The summed E-state index contributed by atoms with van der Waals surface area (Å²) in [6.45, 7) is 2.43. The smallest absolute Gasteiger partial charge is 0.253 e. The van der Waals surface area contributed by atoms with E-state index >= 15 is 0 Å². The van der Waals surface area contributed by atoms with Crippen molar-refractivity contribution in [2.75, 3.05) is 13.6 Å². The van der Waals surface area contributed by atoms with Gasteiger partial charge < -0.3 is 15.1 Å². The lowest BCUT2D eigenvalue weighted by molar-refractivity contribution is 0.0801. The lowest BCUT2D eigenvalue weighted by Gasteiger charge is -2.14. The van der Waals surface area contributed by atoms with Crippen LogP contribution in [0.15, 0.2) is 18.2 Å². The first-order valence-electron chi connectivity index (χ1n) is 4.33. The molecule has 76 valence electrons. The van der Waals surface area contributed by atoms with Crippen molar-refractivity contribution in [3.63, 3.8) is 0 Å². The molecule has 0 unspecified atom stereocenters. The monoisotopic (exact) mass is 195 g/mol. The van der Waals surface area contributed by atoms with Gasteiger partial charge >= 0.3 is 0 Å². The molecule has 0 bridgehead atoms. The van der Waals surface area contributed by atoms with Gasteiger partial charge in [-0.1, -0.05) is 0 Å². The summed E-state index contributed by atoms with van der Waals surface area (Å²) in [7, 11) is 1.66. The third kappa shape index (κ3) is 2.16. The maximum atomic E-state index is 11.6. The predicted octanol–water partition coefficient (Wildman–Crippen LogP) is 1.19. The number of hydrogen-bond acceptors (Lipinski definition) is 3. The van der Waals surface area contributed by atoms with Crippen LogP contribution >= 0.6 is 0 Å². The summed E-state index contributed by atoms with van der Waals surface area (Å²) in [5, 5.41) is 18.3. The summed E-state index contributed by atoms with van der Waals surface area (Å²) in [6, 6.07) is 3.84. The zero-order valence-corrected chi connectivity index (χ0v) is 8.19. The van der Waals surface area contributed by atoms with Crippen LogP contribution in [0.5, 0.6) is 11.5 Å². The molecule has 0 aliphatic heterocycles. The van der Waals surface area contributed by atoms with E-state index in [4.69, 9.17) is 10.2 Å². The highest BCUT2D eigenvalue weighted by Gasteiger charge is 2.11. The molecule has 4 heteroatoms. The standard InChI is InChI=1S/C10H13NO3/c1-3-11(2)10(14)7-4-8(12)6-9(13)5-7/h4-6,12-13H,3H2,1-2H3. The Balaban J connectivity index is 3.01. The number of benzene rings is 1. The Bertz CT molecular complexity index is 329. The Morgan fingerprint density at radius 1 is 1.29 bits per heavy atom. The van der Waals surface area contributed by atoms with Crippen LogP contribution in [-0.4, -0.2) is 34.6 Å². The highest BCUT2D eigenvalue weighted by molar-refractivity contribution is 5.94. The number of phenols is 2. The van der Waals surface area contributed by atoms with Crippen molar-refractivity contribution in [3.05, 3.63) is 23.8 Å². The highest BCUT2D eigenvalue weighted by Crippen LogP contribution is 2.21. The van der Waals surface area contributed by atoms with Crippen LogP contribution in [0.1, 0.15) is 17.3 Å². The lowest BCUT2D eigenvalue weighted by atomic mass is 10.2. The first-order valence-corrected chi connectivity index (χ1v) is 4.33. The van der Waals surface area contributed by atoms with Crippen LogP contribution in [0.4, 0.5) is 0 Å². The van der Waals surface area contributed by atoms with Gasteiger partial charge in [0.05, 0.1) is 0 Å². The lowest BCUT2D eigenvalue weighted by Crippen LogP contribution is -2.26. The highest BCUT2D eigenvalue weighted by atomic mass is 16.3. The molecular formula is C10H13NO3. The molecule has 0 saturated heterocycles. The Kier molecular flexibility index (Phi) is 2.96. The van der Waals surface area contributed by atoms with Crippen LogP contribution < -0.4 is 0 Å².